The lowest BCUT2D eigenvalue weighted by molar-refractivity contribution is 0.326. The van der Waals surface area contributed by atoms with E-state index in [0.29, 0.717) is 11.8 Å². The fraction of sp³-hybridized carbons (Fsp3) is 0.304. The number of hydrogen-bond donors (Lipinski definition) is 0. The summed E-state index contributed by atoms with van der Waals surface area (Å²) in [4.78, 5) is 14.4. The zero-order valence-corrected chi connectivity index (χ0v) is 16.8. The average molecular weight is 382 g/mol. The van der Waals surface area contributed by atoms with Gasteiger partial charge in [-0.05, 0) is 45.1 Å². The van der Waals surface area contributed by atoms with Gasteiger partial charge in [-0.1, -0.05) is 24.3 Å². The number of hydrogen-bond acceptors (Lipinski definition) is 4. The third-order valence-electron chi connectivity index (χ3n) is 6.47. The van der Waals surface area contributed by atoms with Crippen LogP contribution in [0, 0.1) is 20.8 Å². The van der Waals surface area contributed by atoms with E-state index in [-0.39, 0.29) is 0 Å². The number of pyridine rings is 1. The normalized spacial score (nSPS) is 19.3. The van der Waals surface area contributed by atoms with Crippen LogP contribution in [0.4, 0.5) is 0 Å². The van der Waals surface area contributed by atoms with Crippen molar-refractivity contribution >= 4 is 22.1 Å². The molecule has 144 valence electrons. The van der Waals surface area contributed by atoms with Gasteiger partial charge in [0.15, 0.2) is 11.5 Å². The largest absolute Gasteiger partial charge is 0.304 e. The third-order valence-corrected chi connectivity index (χ3v) is 6.47. The zero-order chi connectivity index (χ0) is 19.7. The van der Waals surface area contributed by atoms with Crippen molar-refractivity contribution in [2.45, 2.75) is 45.4 Å². The third kappa shape index (κ3) is 2.29. The monoisotopic (exact) mass is 382 g/mol. The summed E-state index contributed by atoms with van der Waals surface area (Å²) >= 11 is 0. The van der Waals surface area contributed by atoms with E-state index in [1.54, 1.807) is 0 Å². The molecule has 2 unspecified atom stereocenters. The highest BCUT2D eigenvalue weighted by atomic mass is 15.3. The van der Waals surface area contributed by atoms with Crippen LogP contribution in [-0.2, 0) is 0 Å². The van der Waals surface area contributed by atoms with Crippen LogP contribution in [0.5, 0.6) is 0 Å². The molecule has 4 heterocycles. The molecule has 6 heteroatoms. The number of nitrogens with zero attached hydrogens (tertiary/aromatic N) is 6. The second-order valence-corrected chi connectivity index (χ2v) is 8.16. The fourth-order valence-electron chi connectivity index (χ4n) is 4.66. The van der Waals surface area contributed by atoms with Crippen LogP contribution in [0.25, 0.3) is 22.1 Å². The van der Waals surface area contributed by atoms with Crippen molar-refractivity contribution in [2.24, 2.45) is 0 Å². The van der Waals surface area contributed by atoms with Crippen LogP contribution in [-0.4, -0.2) is 29.0 Å². The van der Waals surface area contributed by atoms with Gasteiger partial charge in [0.1, 0.15) is 5.65 Å². The van der Waals surface area contributed by atoms with E-state index in [2.05, 4.69) is 52.8 Å². The minimum absolute atomic E-state index is 0.309. The molecule has 6 rings (SSSR count). The summed E-state index contributed by atoms with van der Waals surface area (Å²) in [5.74, 6) is 1.59. The summed E-state index contributed by atoms with van der Waals surface area (Å²) in [5, 5.41) is 7.26. The molecule has 1 aromatic carbocycles. The summed E-state index contributed by atoms with van der Waals surface area (Å²) < 4.78 is 4.15. The van der Waals surface area contributed by atoms with Crippen molar-refractivity contribution in [3.8, 4) is 0 Å². The average Bonchev–Trinajstić information content (AvgIpc) is 3.28. The number of aryl methyl sites for hydroxylation is 3. The van der Waals surface area contributed by atoms with Gasteiger partial charge in [0.25, 0.3) is 0 Å². The molecule has 4 aromatic heterocycles. The van der Waals surface area contributed by atoms with Crippen LogP contribution in [0.15, 0.2) is 42.7 Å². The molecule has 0 amide bonds. The predicted molar refractivity (Wildman–Crippen MR) is 112 cm³/mol. The van der Waals surface area contributed by atoms with Crippen molar-refractivity contribution in [2.75, 3.05) is 0 Å². The topological polar surface area (TPSA) is 60.4 Å². The molecule has 6 nitrogen and oxygen atoms in total. The minimum atomic E-state index is 0.309. The Kier molecular flexibility index (Phi) is 3.37. The maximum Gasteiger partial charge on any atom is 0.177 e. The van der Waals surface area contributed by atoms with E-state index in [0.717, 1.165) is 41.3 Å². The van der Waals surface area contributed by atoms with Crippen LogP contribution >= 0.6 is 0 Å². The maximum absolute atomic E-state index is 5.12. The van der Waals surface area contributed by atoms with E-state index in [1.165, 1.54) is 22.2 Å². The second-order valence-electron chi connectivity index (χ2n) is 8.16. The zero-order valence-electron chi connectivity index (χ0n) is 16.8. The molecule has 29 heavy (non-hydrogen) atoms. The molecule has 2 atom stereocenters. The van der Waals surface area contributed by atoms with E-state index in [9.17, 15) is 0 Å². The van der Waals surface area contributed by atoms with Crippen LogP contribution in [0.1, 0.15) is 53.3 Å². The molecule has 0 bridgehead atoms. The number of fused-ring (bicyclic) bond motifs is 4. The van der Waals surface area contributed by atoms with Gasteiger partial charge in [0.05, 0.1) is 17.1 Å². The Labute approximate surface area is 168 Å². The second kappa shape index (κ2) is 5.86. The summed E-state index contributed by atoms with van der Waals surface area (Å²) in [5.41, 5.74) is 6.24. The van der Waals surface area contributed by atoms with Crippen molar-refractivity contribution in [3.63, 3.8) is 0 Å². The minimum Gasteiger partial charge on any atom is -0.304 e. The van der Waals surface area contributed by atoms with Gasteiger partial charge in [0, 0.05) is 35.3 Å². The molecule has 1 aliphatic rings. The van der Waals surface area contributed by atoms with Gasteiger partial charge < -0.3 is 4.40 Å². The summed E-state index contributed by atoms with van der Waals surface area (Å²) in [6.45, 7) is 6.19. The van der Waals surface area contributed by atoms with Gasteiger partial charge in [-0.2, -0.15) is 5.10 Å². The Morgan fingerprint density at radius 1 is 0.931 bits per heavy atom. The van der Waals surface area contributed by atoms with Crippen LogP contribution in [0.3, 0.4) is 0 Å². The Hall–Kier alpha value is -3.28. The van der Waals surface area contributed by atoms with E-state index >= 15 is 0 Å². The van der Waals surface area contributed by atoms with E-state index in [1.807, 2.05) is 24.6 Å². The van der Waals surface area contributed by atoms with Gasteiger partial charge in [-0.25, -0.2) is 14.5 Å². The van der Waals surface area contributed by atoms with Crippen molar-refractivity contribution in [1.29, 1.82) is 0 Å². The first-order valence-corrected chi connectivity index (χ1v) is 10.2. The first kappa shape index (κ1) is 16.7. The van der Waals surface area contributed by atoms with Crippen molar-refractivity contribution in [3.05, 3.63) is 71.3 Å². The Bertz CT molecular complexity index is 1370. The summed E-state index contributed by atoms with van der Waals surface area (Å²) in [7, 11) is 0. The Morgan fingerprint density at radius 2 is 1.76 bits per heavy atom. The molecule has 0 radical (unpaired) electrons. The van der Waals surface area contributed by atoms with Crippen molar-refractivity contribution in [1.82, 2.24) is 29.0 Å². The highest BCUT2D eigenvalue weighted by molar-refractivity contribution is 5.94. The molecule has 1 aliphatic carbocycles. The summed E-state index contributed by atoms with van der Waals surface area (Å²) in [6.07, 6.45) is 6.22. The highest BCUT2D eigenvalue weighted by Crippen LogP contribution is 2.49. The van der Waals surface area contributed by atoms with E-state index in [4.69, 9.17) is 15.1 Å². The number of rotatable bonds is 2. The van der Waals surface area contributed by atoms with E-state index < -0.39 is 0 Å². The molecule has 1 saturated carbocycles. The smallest absolute Gasteiger partial charge is 0.177 e. The quantitative estimate of drug-likeness (QED) is 0.451. The van der Waals surface area contributed by atoms with Gasteiger partial charge in [0.2, 0.25) is 0 Å². The van der Waals surface area contributed by atoms with Crippen molar-refractivity contribution < 1.29 is 0 Å². The molecule has 1 fully saturated rings. The number of imidazole rings is 1. The van der Waals surface area contributed by atoms with Crippen LogP contribution in [0.2, 0.25) is 0 Å². The number of benzene rings is 1. The predicted octanol–water partition coefficient (Wildman–Crippen LogP) is 4.51. The molecular formula is C23H22N6. The Balaban J connectivity index is 1.47. The molecule has 5 aromatic rings. The van der Waals surface area contributed by atoms with Gasteiger partial charge >= 0.3 is 0 Å². The lowest BCUT2D eigenvalue weighted by atomic mass is 9.71. The molecular weight excluding hydrogens is 360 g/mol. The maximum atomic E-state index is 5.12. The highest BCUT2D eigenvalue weighted by Gasteiger charge is 2.39. The molecule has 0 saturated heterocycles. The molecule has 0 aliphatic heterocycles. The Morgan fingerprint density at radius 3 is 2.55 bits per heavy atom. The SMILES string of the molecule is Cc1ncc(C)n2nc(C3CCC3c3nc4c5ccccc5ccn4c3C)nc12. The standard InChI is InChI=1S/C23H22N6/c1-13-12-24-14(2)22-26-21(27-29(13)22)19-9-8-18(19)20-15(3)28-11-10-16-6-4-5-7-17(16)23(28)25-20/h4-7,10-12,18-19H,8-9H2,1-3H3. The lowest BCUT2D eigenvalue weighted by Crippen LogP contribution is -2.24. The first-order valence-electron chi connectivity index (χ1n) is 10.2. The first-order chi connectivity index (χ1) is 14.1. The fourth-order valence-corrected chi connectivity index (χ4v) is 4.66. The summed E-state index contributed by atoms with van der Waals surface area (Å²) in [6, 6.07) is 10.6. The molecule has 0 spiro atoms. The van der Waals surface area contributed by atoms with Gasteiger partial charge in [-0.3, -0.25) is 4.98 Å². The van der Waals surface area contributed by atoms with Gasteiger partial charge in [-0.15, -0.1) is 0 Å². The number of aromatic nitrogens is 6. The molecule has 0 N–H and O–H groups in total. The lowest BCUT2D eigenvalue weighted by Gasteiger charge is -2.33. The van der Waals surface area contributed by atoms with Crippen LogP contribution < -0.4 is 0 Å².